The van der Waals surface area contributed by atoms with Crippen molar-refractivity contribution in [1.29, 1.82) is 0 Å². The van der Waals surface area contributed by atoms with E-state index < -0.39 is 6.10 Å². The molecule has 0 radical (unpaired) electrons. The summed E-state index contributed by atoms with van der Waals surface area (Å²) in [5.41, 5.74) is 0.410. The van der Waals surface area contributed by atoms with Crippen molar-refractivity contribution in [2.75, 3.05) is 13.7 Å². The standard InChI is InChI=1S/C12H13NO4/c1-17-10-4-2-8(3-5-10)12(16)13-7-9(14)6-11(13)15/h2-5,9,14H,6-7H2,1H3/t9-/m0/s1. The van der Waals surface area contributed by atoms with E-state index in [0.29, 0.717) is 11.3 Å². The highest BCUT2D eigenvalue weighted by Crippen LogP contribution is 2.17. The average Bonchev–Trinajstić information content (AvgIpc) is 2.68. The molecule has 1 aromatic carbocycles. The van der Waals surface area contributed by atoms with Crippen LogP contribution in [0.2, 0.25) is 0 Å². The highest BCUT2D eigenvalue weighted by molar-refractivity contribution is 6.05. The Morgan fingerprint density at radius 3 is 2.53 bits per heavy atom. The van der Waals surface area contributed by atoms with Gasteiger partial charge in [-0.15, -0.1) is 0 Å². The van der Waals surface area contributed by atoms with E-state index in [4.69, 9.17) is 4.74 Å². The Balaban J connectivity index is 2.16. The third-order valence-corrected chi connectivity index (χ3v) is 2.69. The fourth-order valence-electron chi connectivity index (χ4n) is 1.77. The maximum absolute atomic E-state index is 12.0. The molecule has 0 unspecified atom stereocenters. The Hall–Kier alpha value is -1.88. The second kappa shape index (κ2) is 4.55. The van der Waals surface area contributed by atoms with Crippen LogP contribution in [0.15, 0.2) is 24.3 Å². The number of methoxy groups -OCH3 is 1. The molecule has 0 saturated carbocycles. The molecule has 2 amide bonds. The first-order valence-corrected chi connectivity index (χ1v) is 5.28. The molecule has 1 atom stereocenters. The van der Waals surface area contributed by atoms with Crippen molar-refractivity contribution in [2.24, 2.45) is 0 Å². The van der Waals surface area contributed by atoms with Crippen LogP contribution in [0.4, 0.5) is 0 Å². The molecule has 5 heteroatoms. The number of aliphatic hydroxyl groups excluding tert-OH is 1. The van der Waals surface area contributed by atoms with Crippen LogP contribution in [0.1, 0.15) is 16.8 Å². The van der Waals surface area contributed by atoms with Crippen LogP contribution >= 0.6 is 0 Å². The predicted octanol–water partition coefficient (Wildman–Crippen LogP) is 0.429. The van der Waals surface area contributed by atoms with E-state index in [-0.39, 0.29) is 24.8 Å². The van der Waals surface area contributed by atoms with E-state index in [1.165, 1.54) is 7.11 Å². The minimum absolute atomic E-state index is 0.0158. The van der Waals surface area contributed by atoms with Crippen LogP contribution in [0.5, 0.6) is 5.75 Å². The summed E-state index contributed by atoms with van der Waals surface area (Å²) in [5.74, 6) is -0.0677. The number of amides is 2. The SMILES string of the molecule is COc1ccc(C(=O)N2C[C@@H](O)CC2=O)cc1. The van der Waals surface area contributed by atoms with Crippen molar-refractivity contribution < 1.29 is 19.4 Å². The van der Waals surface area contributed by atoms with E-state index in [9.17, 15) is 14.7 Å². The van der Waals surface area contributed by atoms with Gasteiger partial charge in [-0.3, -0.25) is 14.5 Å². The summed E-state index contributed by atoms with van der Waals surface area (Å²) in [6.45, 7) is 0.0731. The van der Waals surface area contributed by atoms with Crippen LogP contribution in [-0.4, -0.2) is 41.6 Å². The number of ether oxygens (including phenoxy) is 1. The summed E-state index contributed by atoms with van der Waals surface area (Å²) in [7, 11) is 1.54. The topological polar surface area (TPSA) is 66.8 Å². The summed E-state index contributed by atoms with van der Waals surface area (Å²) in [4.78, 5) is 24.5. The molecule has 17 heavy (non-hydrogen) atoms. The lowest BCUT2D eigenvalue weighted by molar-refractivity contribution is -0.125. The molecule has 1 fully saturated rings. The number of benzene rings is 1. The van der Waals surface area contributed by atoms with Crippen molar-refractivity contribution in [3.05, 3.63) is 29.8 Å². The van der Waals surface area contributed by atoms with Gasteiger partial charge in [0.05, 0.1) is 26.2 Å². The lowest BCUT2D eigenvalue weighted by Crippen LogP contribution is -2.32. The van der Waals surface area contributed by atoms with Crippen molar-refractivity contribution in [3.63, 3.8) is 0 Å². The first kappa shape index (κ1) is 11.6. The number of imide groups is 1. The number of hydrogen-bond acceptors (Lipinski definition) is 4. The minimum Gasteiger partial charge on any atom is -0.497 e. The first-order valence-electron chi connectivity index (χ1n) is 5.28. The normalized spacial score (nSPS) is 19.5. The zero-order valence-corrected chi connectivity index (χ0v) is 9.42. The second-order valence-electron chi connectivity index (χ2n) is 3.90. The van der Waals surface area contributed by atoms with Gasteiger partial charge in [0.1, 0.15) is 5.75 Å². The van der Waals surface area contributed by atoms with Crippen molar-refractivity contribution in [2.45, 2.75) is 12.5 Å². The van der Waals surface area contributed by atoms with Crippen molar-refractivity contribution >= 4 is 11.8 Å². The van der Waals surface area contributed by atoms with Crippen molar-refractivity contribution in [3.8, 4) is 5.75 Å². The van der Waals surface area contributed by atoms with Gasteiger partial charge in [-0.05, 0) is 24.3 Å². The zero-order chi connectivity index (χ0) is 12.4. The molecular formula is C12H13NO4. The number of nitrogens with zero attached hydrogens (tertiary/aromatic N) is 1. The largest absolute Gasteiger partial charge is 0.497 e. The Kier molecular flexibility index (Phi) is 3.10. The van der Waals surface area contributed by atoms with Gasteiger partial charge in [-0.1, -0.05) is 0 Å². The molecular weight excluding hydrogens is 222 g/mol. The monoisotopic (exact) mass is 235 g/mol. The van der Waals surface area contributed by atoms with Crippen LogP contribution in [0.25, 0.3) is 0 Å². The summed E-state index contributed by atoms with van der Waals surface area (Å²) >= 11 is 0. The fraction of sp³-hybridized carbons (Fsp3) is 0.333. The van der Waals surface area contributed by atoms with Gasteiger partial charge >= 0.3 is 0 Å². The Morgan fingerprint density at radius 2 is 2.06 bits per heavy atom. The Labute approximate surface area is 98.6 Å². The molecule has 90 valence electrons. The Morgan fingerprint density at radius 1 is 1.41 bits per heavy atom. The molecule has 1 aromatic rings. The Bertz CT molecular complexity index is 440. The van der Waals surface area contributed by atoms with E-state index in [0.717, 1.165) is 4.90 Å². The summed E-state index contributed by atoms with van der Waals surface area (Å²) < 4.78 is 4.98. The van der Waals surface area contributed by atoms with Gasteiger partial charge in [-0.2, -0.15) is 0 Å². The molecule has 1 saturated heterocycles. The predicted molar refractivity (Wildman–Crippen MR) is 59.7 cm³/mol. The first-order chi connectivity index (χ1) is 8.11. The molecule has 0 spiro atoms. The van der Waals surface area contributed by atoms with E-state index in [2.05, 4.69) is 0 Å². The molecule has 1 aliphatic heterocycles. The highest BCUT2D eigenvalue weighted by atomic mass is 16.5. The number of hydrogen-bond donors (Lipinski definition) is 1. The second-order valence-corrected chi connectivity index (χ2v) is 3.90. The molecule has 1 heterocycles. The number of aliphatic hydroxyl groups is 1. The van der Waals surface area contributed by atoms with Crippen LogP contribution < -0.4 is 4.74 Å². The van der Waals surface area contributed by atoms with Crippen molar-refractivity contribution in [1.82, 2.24) is 4.90 Å². The lowest BCUT2D eigenvalue weighted by Gasteiger charge is -2.13. The number of carbonyl (C=O) groups excluding carboxylic acids is 2. The summed E-state index contributed by atoms with van der Waals surface area (Å²) in [6, 6.07) is 6.51. The molecule has 5 nitrogen and oxygen atoms in total. The quantitative estimate of drug-likeness (QED) is 0.755. The smallest absolute Gasteiger partial charge is 0.260 e. The molecule has 0 aliphatic carbocycles. The van der Waals surface area contributed by atoms with Crippen LogP contribution in [0, 0.1) is 0 Å². The van der Waals surface area contributed by atoms with Gasteiger partial charge in [0.15, 0.2) is 0 Å². The van der Waals surface area contributed by atoms with Gasteiger partial charge in [-0.25, -0.2) is 0 Å². The number of β-amino-alcohol motifs (C(OH)–C–C–N with tert-alkyl or cyclic N) is 1. The van der Waals surface area contributed by atoms with E-state index in [1.807, 2.05) is 0 Å². The molecule has 1 N–H and O–H groups in total. The lowest BCUT2D eigenvalue weighted by atomic mass is 10.2. The third-order valence-electron chi connectivity index (χ3n) is 2.69. The summed E-state index contributed by atoms with van der Waals surface area (Å²) in [5, 5.41) is 9.31. The highest BCUT2D eigenvalue weighted by Gasteiger charge is 2.33. The number of rotatable bonds is 2. The minimum atomic E-state index is -0.746. The van der Waals surface area contributed by atoms with E-state index in [1.54, 1.807) is 24.3 Å². The molecule has 0 aromatic heterocycles. The molecule has 2 rings (SSSR count). The van der Waals surface area contributed by atoms with Gasteiger partial charge < -0.3 is 9.84 Å². The van der Waals surface area contributed by atoms with Gasteiger partial charge in [0.2, 0.25) is 5.91 Å². The molecule has 0 bridgehead atoms. The number of carbonyl (C=O) groups is 2. The van der Waals surface area contributed by atoms with Gasteiger partial charge in [0, 0.05) is 5.56 Å². The zero-order valence-electron chi connectivity index (χ0n) is 9.42. The third kappa shape index (κ3) is 2.29. The molecule has 1 aliphatic rings. The average molecular weight is 235 g/mol. The fourth-order valence-corrected chi connectivity index (χ4v) is 1.77. The van der Waals surface area contributed by atoms with Crippen LogP contribution in [-0.2, 0) is 4.79 Å². The van der Waals surface area contributed by atoms with Gasteiger partial charge in [0.25, 0.3) is 5.91 Å². The van der Waals surface area contributed by atoms with E-state index >= 15 is 0 Å². The summed E-state index contributed by atoms with van der Waals surface area (Å²) in [6.07, 6.45) is -0.730. The number of likely N-dealkylation sites (tertiary alicyclic amines) is 1. The maximum Gasteiger partial charge on any atom is 0.260 e. The maximum atomic E-state index is 12.0. The van der Waals surface area contributed by atoms with Crippen LogP contribution in [0.3, 0.4) is 0 Å².